The van der Waals surface area contributed by atoms with Crippen LogP contribution in [0.2, 0.25) is 5.02 Å². The summed E-state index contributed by atoms with van der Waals surface area (Å²) in [7, 11) is 0. The van der Waals surface area contributed by atoms with Gasteiger partial charge in [-0.3, -0.25) is 14.2 Å². The third-order valence-electron chi connectivity index (χ3n) is 4.69. The van der Waals surface area contributed by atoms with Gasteiger partial charge in [0.05, 0.1) is 23.3 Å². The maximum absolute atomic E-state index is 12.6. The number of nitrogens with zero attached hydrogens (tertiary/aromatic N) is 4. The average molecular weight is 428 g/mol. The van der Waals surface area contributed by atoms with Crippen LogP contribution in [0.15, 0.2) is 42.7 Å². The zero-order valence-electron chi connectivity index (χ0n) is 16.4. The van der Waals surface area contributed by atoms with E-state index in [9.17, 15) is 4.79 Å². The lowest BCUT2D eigenvalue weighted by molar-refractivity contribution is 0.0956. The van der Waals surface area contributed by atoms with E-state index in [2.05, 4.69) is 15.5 Å². The van der Waals surface area contributed by atoms with Gasteiger partial charge < -0.3 is 5.32 Å². The molecule has 0 radical (unpaired) electrons. The fraction of sp³-hybridized carbons (Fsp3) is 0.286. The largest absolute Gasteiger partial charge is 0.351 e. The van der Waals surface area contributed by atoms with E-state index < -0.39 is 0 Å². The van der Waals surface area contributed by atoms with Gasteiger partial charge in [-0.25, -0.2) is 0 Å². The number of carbonyl (C=O) groups excluding carboxylic acids is 1. The predicted molar refractivity (Wildman–Crippen MR) is 117 cm³/mol. The molecule has 0 saturated carbocycles. The molecule has 4 aromatic rings. The molecule has 1 amide bonds. The average Bonchev–Trinajstić information content (AvgIpc) is 3.38. The number of nitrogens with one attached hydrogen (secondary N) is 1. The quantitative estimate of drug-likeness (QED) is 0.443. The molecule has 0 saturated heterocycles. The highest BCUT2D eigenvalue weighted by atomic mass is 35.5. The lowest BCUT2D eigenvalue weighted by Crippen LogP contribution is -2.24. The van der Waals surface area contributed by atoms with Crippen molar-refractivity contribution in [1.82, 2.24) is 24.9 Å². The van der Waals surface area contributed by atoms with E-state index in [-0.39, 0.29) is 5.91 Å². The lowest BCUT2D eigenvalue weighted by atomic mass is 10.2. The Balaban J connectivity index is 1.41. The molecule has 0 fully saturated rings. The van der Waals surface area contributed by atoms with E-state index >= 15 is 0 Å². The molecule has 0 aliphatic rings. The Morgan fingerprint density at radius 2 is 2.03 bits per heavy atom. The summed E-state index contributed by atoms with van der Waals surface area (Å²) < 4.78 is 3.85. The highest BCUT2D eigenvalue weighted by Crippen LogP contribution is 2.29. The van der Waals surface area contributed by atoms with Crippen molar-refractivity contribution in [2.75, 3.05) is 6.54 Å². The standard InChI is InChI=1S/C21H22ClN5OS/c1-14-11-24-26(12-14)9-3-8-23-20(28)19-10-18-15(2)25-27(21(18)29-19)13-16-4-6-17(22)7-5-16/h4-7,10-12H,3,8-9,13H2,1-2H3,(H,23,28). The normalized spacial score (nSPS) is 11.3. The van der Waals surface area contributed by atoms with Crippen LogP contribution >= 0.6 is 22.9 Å². The SMILES string of the molecule is Cc1cnn(CCCNC(=O)c2cc3c(C)nn(Cc4ccc(Cl)cc4)c3s2)c1. The van der Waals surface area contributed by atoms with Crippen molar-refractivity contribution in [2.24, 2.45) is 0 Å². The van der Waals surface area contributed by atoms with Gasteiger partial charge in [0.25, 0.3) is 5.91 Å². The minimum absolute atomic E-state index is 0.0414. The highest BCUT2D eigenvalue weighted by Gasteiger charge is 2.16. The summed E-state index contributed by atoms with van der Waals surface area (Å²) in [5.74, 6) is -0.0414. The molecule has 3 aromatic heterocycles. The maximum atomic E-state index is 12.6. The van der Waals surface area contributed by atoms with Crippen LogP contribution in [0.4, 0.5) is 0 Å². The molecular formula is C21H22ClN5OS. The summed E-state index contributed by atoms with van der Waals surface area (Å²) in [6, 6.07) is 9.68. The van der Waals surface area contributed by atoms with E-state index in [0.29, 0.717) is 23.0 Å². The first-order chi connectivity index (χ1) is 14.0. The molecule has 0 aliphatic carbocycles. The summed E-state index contributed by atoms with van der Waals surface area (Å²) >= 11 is 7.45. The van der Waals surface area contributed by atoms with Crippen LogP contribution < -0.4 is 5.32 Å². The first kappa shape index (κ1) is 19.7. The maximum Gasteiger partial charge on any atom is 0.261 e. The van der Waals surface area contributed by atoms with Crippen LogP contribution in [0.5, 0.6) is 0 Å². The number of benzene rings is 1. The first-order valence-corrected chi connectivity index (χ1v) is 10.7. The Labute approximate surface area is 178 Å². The molecule has 0 atom stereocenters. The van der Waals surface area contributed by atoms with Gasteiger partial charge in [0, 0.05) is 29.7 Å². The summed E-state index contributed by atoms with van der Waals surface area (Å²) in [6.45, 7) is 6.04. The highest BCUT2D eigenvalue weighted by molar-refractivity contribution is 7.20. The number of aromatic nitrogens is 4. The van der Waals surface area contributed by atoms with Crippen LogP contribution in [-0.4, -0.2) is 32.0 Å². The monoisotopic (exact) mass is 427 g/mol. The molecule has 8 heteroatoms. The van der Waals surface area contributed by atoms with E-state index in [1.54, 1.807) is 0 Å². The molecule has 150 valence electrons. The van der Waals surface area contributed by atoms with Gasteiger partial charge in [-0.15, -0.1) is 11.3 Å². The van der Waals surface area contributed by atoms with Crippen molar-refractivity contribution in [3.63, 3.8) is 0 Å². The molecule has 29 heavy (non-hydrogen) atoms. The van der Waals surface area contributed by atoms with Crippen LogP contribution in [-0.2, 0) is 13.1 Å². The molecule has 1 N–H and O–H groups in total. The van der Waals surface area contributed by atoms with Crippen LogP contribution in [0.3, 0.4) is 0 Å². The second-order valence-electron chi connectivity index (χ2n) is 7.09. The number of hydrogen-bond acceptors (Lipinski definition) is 4. The summed E-state index contributed by atoms with van der Waals surface area (Å²) in [6.07, 6.45) is 4.68. The molecule has 0 unspecified atom stereocenters. The topological polar surface area (TPSA) is 64.7 Å². The second kappa shape index (κ2) is 8.39. The molecule has 4 rings (SSSR count). The Kier molecular flexibility index (Phi) is 5.69. The fourth-order valence-corrected chi connectivity index (χ4v) is 4.42. The van der Waals surface area contributed by atoms with Gasteiger partial charge in [0.15, 0.2) is 0 Å². The molecule has 0 bridgehead atoms. The smallest absolute Gasteiger partial charge is 0.261 e. The minimum atomic E-state index is -0.0414. The van der Waals surface area contributed by atoms with Crippen molar-refractivity contribution < 1.29 is 4.79 Å². The Hall–Kier alpha value is -2.64. The third kappa shape index (κ3) is 4.52. The van der Waals surface area contributed by atoms with Crippen LogP contribution in [0.25, 0.3) is 10.2 Å². The zero-order valence-corrected chi connectivity index (χ0v) is 17.9. The van der Waals surface area contributed by atoms with Crippen molar-refractivity contribution in [3.8, 4) is 0 Å². The van der Waals surface area contributed by atoms with Crippen molar-refractivity contribution in [2.45, 2.75) is 33.4 Å². The van der Waals surface area contributed by atoms with Crippen molar-refractivity contribution in [3.05, 3.63) is 69.4 Å². The number of amides is 1. The summed E-state index contributed by atoms with van der Waals surface area (Å²) in [5, 5.41) is 13.6. The molecule has 1 aromatic carbocycles. The molecular weight excluding hydrogens is 406 g/mol. The number of rotatable bonds is 7. The number of thiophene rings is 1. The number of carbonyl (C=O) groups is 1. The Morgan fingerprint density at radius 3 is 2.76 bits per heavy atom. The van der Waals surface area contributed by atoms with E-state index in [1.807, 2.05) is 65.9 Å². The zero-order chi connectivity index (χ0) is 20.4. The van der Waals surface area contributed by atoms with Crippen LogP contribution in [0, 0.1) is 13.8 Å². The van der Waals surface area contributed by atoms with Gasteiger partial charge in [-0.2, -0.15) is 10.2 Å². The Bertz CT molecular complexity index is 1140. The molecule has 6 nitrogen and oxygen atoms in total. The second-order valence-corrected chi connectivity index (χ2v) is 8.56. The molecule has 0 aliphatic heterocycles. The summed E-state index contributed by atoms with van der Waals surface area (Å²) in [5.41, 5.74) is 3.19. The predicted octanol–water partition coefficient (Wildman–Crippen LogP) is 4.43. The minimum Gasteiger partial charge on any atom is -0.351 e. The van der Waals surface area contributed by atoms with E-state index in [0.717, 1.165) is 40.0 Å². The number of aryl methyl sites for hydroxylation is 3. The van der Waals surface area contributed by atoms with Crippen LogP contribution in [0.1, 0.15) is 32.9 Å². The molecule has 0 spiro atoms. The van der Waals surface area contributed by atoms with E-state index in [1.165, 1.54) is 11.3 Å². The molecule has 3 heterocycles. The lowest BCUT2D eigenvalue weighted by Gasteiger charge is -2.04. The van der Waals surface area contributed by atoms with Gasteiger partial charge >= 0.3 is 0 Å². The van der Waals surface area contributed by atoms with Gasteiger partial charge in [-0.05, 0) is 49.6 Å². The van der Waals surface area contributed by atoms with Gasteiger partial charge in [0.2, 0.25) is 0 Å². The number of fused-ring (bicyclic) bond motifs is 1. The number of halogens is 1. The first-order valence-electron chi connectivity index (χ1n) is 9.48. The van der Waals surface area contributed by atoms with E-state index in [4.69, 9.17) is 11.6 Å². The van der Waals surface area contributed by atoms with Crippen molar-refractivity contribution >= 4 is 39.1 Å². The van der Waals surface area contributed by atoms with Crippen molar-refractivity contribution in [1.29, 1.82) is 0 Å². The number of hydrogen-bond donors (Lipinski definition) is 1. The van der Waals surface area contributed by atoms with Gasteiger partial charge in [0.1, 0.15) is 4.83 Å². The fourth-order valence-electron chi connectivity index (χ4n) is 3.21. The summed E-state index contributed by atoms with van der Waals surface area (Å²) in [4.78, 5) is 14.3. The Morgan fingerprint density at radius 1 is 1.24 bits per heavy atom. The third-order valence-corrected chi connectivity index (χ3v) is 6.09. The van der Waals surface area contributed by atoms with Gasteiger partial charge in [-0.1, -0.05) is 23.7 Å².